The predicted octanol–water partition coefficient (Wildman–Crippen LogP) is 3.73. The van der Waals surface area contributed by atoms with Gasteiger partial charge in [-0.25, -0.2) is 8.78 Å². The van der Waals surface area contributed by atoms with Crippen LogP contribution in [-0.4, -0.2) is 5.11 Å². The van der Waals surface area contributed by atoms with E-state index < -0.39 is 6.43 Å². The van der Waals surface area contributed by atoms with Gasteiger partial charge in [0.25, 0.3) is 6.43 Å². The number of rotatable bonds is 5. The van der Waals surface area contributed by atoms with Gasteiger partial charge in [0.15, 0.2) is 0 Å². The van der Waals surface area contributed by atoms with Crippen LogP contribution in [0.2, 0.25) is 0 Å². The molecule has 0 unspecified atom stereocenters. The van der Waals surface area contributed by atoms with E-state index in [2.05, 4.69) is 5.32 Å². The van der Waals surface area contributed by atoms with Crippen molar-refractivity contribution in [3.63, 3.8) is 0 Å². The van der Waals surface area contributed by atoms with Crippen molar-refractivity contribution in [1.82, 2.24) is 0 Å². The van der Waals surface area contributed by atoms with Crippen LogP contribution in [0.15, 0.2) is 48.5 Å². The number of alkyl halides is 2. The van der Waals surface area contributed by atoms with E-state index in [1.807, 2.05) is 24.3 Å². The maximum absolute atomic E-state index is 12.4. The topological polar surface area (TPSA) is 32.3 Å². The van der Waals surface area contributed by atoms with E-state index in [9.17, 15) is 8.78 Å². The van der Waals surface area contributed by atoms with Crippen molar-refractivity contribution in [2.24, 2.45) is 0 Å². The van der Waals surface area contributed by atoms with Crippen LogP contribution in [0.3, 0.4) is 0 Å². The highest BCUT2D eigenvalue weighted by molar-refractivity contribution is 5.46. The Hall–Kier alpha value is -1.94. The molecule has 0 aromatic heterocycles. The molecule has 0 spiro atoms. The fourth-order valence-electron chi connectivity index (χ4n) is 1.76. The number of aliphatic hydroxyl groups excluding tert-OH is 1. The first-order chi connectivity index (χ1) is 9.19. The lowest BCUT2D eigenvalue weighted by molar-refractivity contribution is 0.151. The van der Waals surface area contributed by atoms with Crippen LogP contribution < -0.4 is 5.32 Å². The van der Waals surface area contributed by atoms with Gasteiger partial charge < -0.3 is 10.4 Å². The Labute approximate surface area is 110 Å². The summed E-state index contributed by atoms with van der Waals surface area (Å²) in [4.78, 5) is 0. The molecule has 0 aliphatic carbocycles. The Morgan fingerprint density at radius 1 is 1.00 bits per heavy atom. The summed E-state index contributed by atoms with van der Waals surface area (Å²) < 4.78 is 24.8. The summed E-state index contributed by atoms with van der Waals surface area (Å²) >= 11 is 0. The average Bonchev–Trinajstić information content (AvgIpc) is 2.46. The summed E-state index contributed by atoms with van der Waals surface area (Å²) in [5.74, 6) is 0. The molecule has 0 amide bonds. The van der Waals surface area contributed by atoms with Crippen LogP contribution in [0.25, 0.3) is 0 Å². The van der Waals surface area contributed by atoms with Crippen molar-refractivity contribution in [2.45, 2.75) is 19.6 Å². The minimum absolute atomic E-state index is 0.00138. The minimum Gasteiger partial charge on any atom is -0.392 e. The molecule has 0 heterocycles. The molecule has 0 fully saturated rings. The third-order valence-corrected chi connectivity index (χ3v) is 2.84. The lowest BCUT2D eigenvalue weighted by atomic mass is 10.1. The van der Waals surface area contributed by atoms with Gasteiger partial charge in [-0.05, 0) is 23.3 Å². The number of nitrogens with one attached hydrogen (secondary N) is 1. The molecular weight excluding hydrogens is 248 g/mol. The van der Waals surface area contributed by atoms with Gasteiger partial charge in [-0.15, -0.1) is 0 Å². The Morgan fingerprint density at radius 3 is 2.37 bits per heavy atom. The second kappa shape index (κ2) is 6.29. The number of anilines is 1. The molecular formula is C15H15F2NO. The summed E-state index contributed by atoms with van der Waals surface area (Å²) in [5.41, 5.74) is 2.69. The van der Waals surface area contributed by atoms with Crippen LogP contribution >= 0.6 is 0 Å². The zero-order valence-corrected chi connectivity index (χ0v) is 10.3. The second-order valence-electron chi connectivity index (χ2n) is 4.25. The van der Waals surface area contributed by atoms with E-state index in [0.717, 1.165) is 16.8 Å². The molecule has 4 heteroatoms. The number of aliphatic hydroxyl groups is 1. The molecule has 0 saturated carbocycles. The molecule has 0 radical (unpaired) electrons. The molecule has 0 aliphatic rings. The minimum atomic E-state index is -2.43. The fourth-order valence-corrected chi connectivity index (χ4v) is 1.76. The van der Waals surface area contributed by atoms with Crippen molar-refractivity contribution in [1.29, 1.82) is 0 Å². The molecule has 2 nitrogen and oxygen atoms in total. The van der Waals surface area contributed by atoms with Crippen molar-refractivity contribution in [3.8, 4) is 0 Å². The third kappa shape index (κ3) is 3.76. The molecule has 0 bridgehead atoms. The van der Waals surface area contributed by atoms with Gasteiger partial charge in [0.1, 0.15) is 0 Å². The van der Waals surface area contributed by atoms with Crippen molar-refractivity contribution >= 4 is 5.69 Å². The first kappa shape index (κ1) is 13.5. The van der Waals surface area contributed by atoms with Gasteiger partial charge in [0.05, 0.1) is 6.61 Å². The summed E-state index contributed by atoms with van der Waals surface area (Å²) in [6, 6.07) is 13.7. The van der Waals surface area contributed by atoms with E-state index in [-0.39, 0.29) is 12.2 Å². The monoisotopic (exact) mass is 263 g/mol. The average molecular weight is 263 g/mol. The Morgan fingerprint density at radius 2 is 1.74 bits per heavy atom. The maximum Gasteiger partial charge on any atom is 0.263 e. The van der Waals surface area contributed by atoms with Gasteiger partial charge in [-0.1, -0.05) is 36.4 Å². The van der Waals surface area contributed by atoms with E-state index in [1.54, 1.807) is 12.1 Å². The lowest BCUT2D eigenvalue weighted by Crippen LogP contribution is -2.00. The first-order valence-electron chi connectivity index (χ1n) is 5.99. The summed E-state index contributed by atoms with van der Waals surface area (Å²) in [6.07, 6.45) is -2.43. The molecule has 2 rings (SSSR count). The lowest BCUT2D eigenvalue weighted by Gasteiger charge is -2.08. The Kier molecular flexibility index (Phi) is 4.47. The number of benzene rings is 2. The molecule has 2 N–H and O–H groups in total. The van der Waals surface area contributed by atoms with Gasteiger partial charge in [0.2, 0.25) is 0 Å². The van der Waals surface area contributed by atoms with E-state index in [0.29, 0.717) is 6.54 Å². The maximum atomic E-state index is 12.4. The zero-order chi connectivity index (χ0) is 13.7. The van der Waals surface area contributed by atoms with Gasteiger partial charge in [-0.3, -0.25) is 0 Å². The Bertz CT molecular complexity index is 526. The smallest absolute Gasteiger partial charge is 0.263 e. The summed E-state index contributed by atoms with van der Waals surface area (Å²) in [7, 11) is 0. The van der Waals surface area contributed by atoms with Crippen LogP contribution in [0.1, 0.15) is 23.1 Å². The first-order valence-corrected chi connectivity index (χ1v) is 5.99. The van der Waals surface area contributed by atoms with Crippen LogP contribution in [-0.2, 0) is 13.2 Å². The standard InChI is InChI=1S/C15H15F2NO/c16-15(17)13-6-4-11(5-7-13)9-18-14-3-1-2-12(8-14)10-19/h1-8,15,18-19H,9-10H2. The van der Waals surface area contributed by atoms with Crippen molar-refractivity contribution in [2.75, 3.05) is 5.32 Å². The summed E-state index contributed by atoms with van der Waals surface area (Å²) in [5, 5.41) is 12.2. The Balaban J connectivity index is 1.98. The fraction of sp³-hybridized carbons (Fsp3) is 0.200. The highest BCUT2D eigenvalue weighted by Gasteiger charge is 2.05. The summed E-state index contributed by atoms with van der Waals surface area (Å²) in [6.45, 7) is 0.553. The molecule has 0 aliphatic heterocycles. The van der Waals surface area contributed by atoms with E-state index >= 15 is 0 Å². The second-order valence-corrected chi connectivity index (χ2v) is 4.25. The molecule has 2 aromatic carbocycles. The number of hydrogen-bond donors (Lipinski definition) is 2. The van der Waals surface area contributed by atoms with Crippen LogP contribution in [0.5, 0.6) is 0 Å². The number of halogens is 2. The van der Waals surface area contributed by atoms with Crippen molar-refractivity contribution in [3.05, 3.63) is 65.2 Å². The highest BCUT2D eigenvalue weighted by atomic mass is 19.3. The molecule has 100 valence electrons. The molecule has 0 saturated heterocycles. The number of hydrogen-bond acceptors (Lipinski definition) is 2. The van der Waals surface area contributed by atoms with Gasteiger partial charge in [-0.2, -0.15) is 0 Å². The quantitative estimate of drug-likeness (QED) is 0.861. The normalized spacial score (nSPS) is 10.7. The zero-order valence-electron chi connectivity index (χ0n) is 10.3. The SMILES string of the molecule is OCc1cccc(NCc2ccc(C(F)F)cc2)c1. The highest BCUT2D eigenvalue weighted by Crippen LogP contribution is 2.19. The van der Waals surface area contributed by atoms with Crippen LogP contribution in [0.4, 0.5) is 14.5 Å². The van der Waals surface area contributed by atoms with Gasteiger partial charge >= 0.3 is 0 Å². The third-order valence-electron chi connectivity index (χ3n) is 2.84. The largest absolute Gasteiger partial charge is 0.392 e. The predicted molar refractivity (Wildman–Crippen MR) is 71.1 cm³/mol. The van der Waals surface area contributed by atoms with Crippen molar-refractivity contribution < 1.29 is 13.9 Å². The van der Waals surface area contributed by atoms with Crippen LogP contribution in [0, 0.1) is 0 Å². The molecule has 19 heavy (non-hydrogen) atoms. The van der Waals surface area contributed by atoms with E-state index in [1.165, 1.54) is 12.1 Å². The van der Waals surface area contributed by atoms with E-state index in [4.69, 9.17) is 5.11 Å². The molecule has 2 aromatic rings. The molecule has 0 atom stereocenters. The van der Waals surface area contributed by atoms with Gasteiger partial charge in [0, 0.05) is 17.8 Å².